The van der Waals surface area contributed by atoms with Gasteiger partial charge in [-0.1, -0.05) is 60.7 Å². The van der Waals surface area contributed by atoms with E-state index in [1.165, 1.54) is 17.5 Å². The van der Waals surface area contributed by atoms with Crippen LogP contribution in [0.2, 0.25) is 0 Å². The fourth-order valence-electron chi connectivity index (χ4n) is 2.90. The molecule has 0 bridgehead atoms. The Hall–Kier alpha value is -1.64. The maximum Gasteiger partial charge on any atom is 0.0240 e. The first kappa shape index (κ1) is 13.3. The third-order valence-corrected chi connectivity index (χ3v) is 4.01. The molecule has 20 heavy (non-hydrogen) atoms. The molecule has 0 radical (unpaired) electrons. The van der Waals surface area contributed by atoms with Crippen LogP contribution in [-0.2, 0) is 13.1 Å². The van der Waals surface area contributed by atoms with Crippen LogP contribution in [0.1, 0.15) is 17.5 Å². The number of nitrogens with one attached hydrogen (secondary N) is 1. The Morgan fingerprint density at radius 2 is 1.40 bits per heavy atom. The van der Waals surface area contributed by atoms with Gasteiger partial charge in [-0.15, -0.1) is 0 Å². The molecule has 1 aliphatic rings. The van der Waals surface area contributed by atoms with E-state index in [2.05, 4.69) is 70.9 Å². The molecule has 0 spiro atoms. The van der Waals surface area contributed by atoms with Crippen molar-refractivity contribution in [3.8, 4) is 0 Å². The normalized spacial score (nSPS) is 18.6. The summed E-state index contributed by atoms with van der Waals surface area (Å²) in [5, 5.41) is 3.48. The Bertz CT molecular complexity index is 462. The zero-order valence-corrected chi connectivity index (χ0v) is 11.8. The van der Waals surface area contributed by atoms with E-state index in [0.717, 1.165) is 26.2 Å². The van der Waals surface area contributed by atoms with Gasteiger partial charge < -0.3 is 5.32 Å². The van der Waals surface area contributed by atoms with Crippen molar-refractivity contribution in [1.29, 1.82) is 0 Å². The molecule has 1 saturated heterocycles. The predicted octanol–water partition coefficient (Wildman–Crippen LogP) is 3.05. The number of hydrogen-bond acceptors (Lipinski definition) is 2. The Labute approximate surface area is 121 Å². The number of benzene rings is 2. The summed E-state index contributed by atoms with van der Waals surface area (Å²) in [7, 11) is 0. The molecule has 0 amide bonds. The first-order valence-corrected chi connectivity index (χ1v) is 7.44. The third-order valence-electron chi connectivity index (χ3n) is 4.01. The van der Waals surface area contributed by atoms with Crippen molar-refractivity contribution in [2.75, 3.05) is 13.1 Å². The minimum absolute atomic E-state index is 0.649. The van der Waals surface area contributed by atoms with Gasteiger partial charge in [0.2, 0.25) is 0 Å². The van der Waals surface area contributed by atoms with E-state index >= 15 is 0 Å². The van der Waals surface area contributed by atoms with Crippen molar-refractivity contribution in [3.63, 3.8) is 0 Å². The van der Waals surface area contributed by atoms with Gasteiger partial charge in [-0.05, 0) is 24.1 Å². The minimum atomic E-state index is 0.649. The van der Waals surface area contributed by atoms with Crippen molar-refractivity contribution >= 4 is 0 Å². The molecule has 1 N–H and O–H groups in total. The summed E-state index contributed by atoms with van der Waals surface area (Å²) in [6, 6.07) is 22.2. The van der Waals surface area contributed by atoms with E-state index in [1.54, 1.807) is 0 Å². The smallest absolute Gasteiger partial charge is 0.0240 e. The van der Waals surface area contributed by atoms with Crippen molar-refractivity contribution in [3.05, 3.63) is 71.8 Å². The molecule has 2 aromatic rings. The summed E-state index contributed by atoms with van der Waals surface area (Å²) in [5.41, 5.74) is 2.80. The summed E-state index contributed by atoms with van der Waals surface area (Å²) < 4.78 is 0. The first-order chi connectivity index (χ1) is 9.92. The SMILES string of the molecule is c1ccc(CN(Cc2ccccc2)C2CCNC2)cc1. The van der Waals surface area contributed by atoms with Crippen LogP contribution in [-0.4, -0.2) is 24.0 Å². The maximum atomic E-state index is 3.48. The molecule has 1 unspecified atom stereocenters. The molecule has 2 heteroatoms. The zero-order chi connectivity index (χ0) is 13.6. The monoisotopic (exact) mass is 266 g/mol. The average Bonchev–Trinajstić information content (AvgIpc) is 3.03. The minimum Gasteiger partial charge on any atom is -0.315 e. The number of rotatable bonds is 5. The van der Waals surface area contributed by atoms with Gasteiger partial charge in [0, 0.05) is 25.7 Å². The van der Waals surface area contributed by atoms with Crippen LogP contribution in [0.15, 0.2) is 60.7 Å². The fraction of sp³-hybridized carbons (Fsp3) is 0.333. The molecule has 1 aliphatic heterocycles. The molecule has 104 valence electrons. The van der Waals surface area contributed by atoms with E-state index in [4.69, 9.17) is 0 Å². The Balaban J connectivity index is 1.73. The molecular formula is C18H22N2. The molecule has 0 saturated carbocycles. The van der Waals surface area contributed by atoms with Crippen LogP contribution in [0, 0.1) is 0 Å². The van der Waals surface area contributed by atoms with Gasteiger partial charge in [0.1, 0.15) is 0 Å². The van der Waals surface area contributed by atoms with Gasteiger partial charge >= 0.3 is 0 Å². The highest BCUT2D eigenvalue weighted by Gasteiger charge is 2.22. The highest BCUT2D eigenvalue weighted by molar-refractivity contribution is 5.17. The zero-order valence-electron chi connectivity index (χ0n) is 11.8. The van der Waals surface area contributed by atoms with Gasteiger partial charge in [0.05, 0.1) is 0 Å². The van der Waals surface area contributed by atoms with Gasteiger partial charge in [-0.2, -0.15) is 0 Å². The maximum absolute atomic E-state index is 3.48. The lowest BCUT2D eigenvalue weighted by Gasteiger charge is -2.28. The van der Waals surface area contributed by atoms with Gasteiger partial charge in [0.25, 0.3) is 0 Å². The summed E-state index contributed by atoms with van der Waals surface area (Å²) >= 11 is 0. The molecule has 2 nitrogen and oxygen atoms in total. The topological polar surface area (TPSA) is 15.3 Å². The molecule has 0 aromatic heterocycles. The standard InChI is InChI=1S/C18H22N2/c1-3-7-16(8-4-1)14-20(18-11-12-19-13-18)15-17-9-5-2-6-10-17/h1-10,18-19H,11-15H2. The largest absolute Gasteiger partial charge is 0.315 e. The van der Waals surface area contributed by atoms with E-state index in [9.17, 15) is 0 Å². The molecule has 2 aromatic carbocycles. The van der Waals surface area contributed by atoms with Crippen LogP contribution < -0.4 is 5.32 Å². The lowest BCUT2D eigenvalue weighted by Crippen LogP contribution is -2.35. The molecule has 1 atom stereocenters. The molecular weight excluding hydrogens is 244 g/mol. The predicted molar refractivity (Wildman–Crippen MR) is 83.4 cm³/mol. The molecule has 3 rings (SSSR count). The Morgan fingerprint density at radius 3 is 1.85 bits per heavy atom. The average molecular weight is 266 g/mol. The van der Waals surface area contributed by atoms with E-state index in [-0.39, 0.29) is 0 Å². The third kappa shape index (κ3) is 3.47. The summed E-state index contributed by atoms with van der Waals surface area (Å²) in [6.45, 7) is 4.31. The molecule has 1 fully saturated rings. The Morgan fingerprint density at radius 1 is 0.850 bits per heavy atom. The highest BCUT2D eigenvalue weighted by Crippen LogP contribution is 2.17. The summed E-state index contributed by atoms with van der Waals surface area (Å²) in [5.74, 6) is 0. The van der Waals surface area contributed by atoms with Gasteiger partial charge in [-0.3, -0.25) is 4.90 Å². The van der Waals surface area contributed by atoms with Crippen LogP contribution >= 0.6 is 0 Å². The van der Waals surface area contributed by atoms with Crippen LogP contribution in [0.5, 0.6) is 0 Å². The fourth-order valence-corrected chi connectivity index (χ4v) is 2.90. The van der Waals surface area contributed by atoms with Crippen molar-refractivity contribution in [1.82, 2.24) is 10.2 Å². The lowest BCUT2D eigenvalue weighted by atomic mass is 10.1. The second kappa shape index (κ2) is 6.69. The lowest BCUT2D eigenvalue weighted by molar-refractivity contribution is 0.190. The van der Waals surface area contributed by atoms with Crippen LogP contribution in [0.3, 0.4) is 0 Å². The second-order valence-corrected chi connectivity index (χ2v) is 5.52. The van der Waals surface area contributed by atoms with Crippen LogP contribution in [0.25, 0.3) is 0 Å². The van der Waals surface area contributed by atoms with Crippen LogP contribution in [0.4, 0.5) is 0 Å². The second-order valence-electron chi connectivity index (χ2n) is 5.52. The number of nitrogens with zero attached hydrogens (tertiary/aromatic N) is 1. The number of hydrogen-bond donors (Lipinski definition) is 1. The summed E-state index contributed by atoms with van der Waals surface area (Å²) in [4.78, 5) is 2.60. The summed E-state index contributed by atoms with van der Waals surface area (Å²) in [6.07, 6.45) is 1.25. The van der Waals surface area contributed by atoms with Gasteiger partial charge in [-0.25, -0.2) is 0 Å². The Kier molecular flexibility index (Phi) is 4.46. The quantitative estimate of drug-likeness (QED) is 0.895. The van der Waals surface area contributed by atoms with E-state index < -0.39 is 0 Å². The first-order valence-electron chi connectivity index (χ1n) is 7.44. The molecule has 0 aliphatic carbocycles. The van der Waals surface area contributed by atoms with Crippen molar-refractivity contribution in [2.45, 2.75) is 25.6 Å². The van der Waals surface area contributed by atoms with Crippen molar-refractivity contribution < 1.29 is 0 Å². The van der Waals surface area contributed by atoms with Gasteiger partial charge in [0.15, 0.2) is 0 Å². The van der Waals surface area contributed by atoms with E-state index in [1.807, 2.05) is 0 Å². The van der Waals surface area contributed by atoms with E-state index in [0.29, 0.717) is 6.04 Å². The highest BCUT2D eigenvalue weighted by atomic mass is 15.2. The molecule has 1 heterocycles. The van der Waals surface area contributed by atoms with Crippen molar-refractivity contribution in [2.24, 2.45) is 0 Å².